The van der Waals surface area contributed by atoms with Gasteiger partial charge in [-0.1, -0.05) is 6.92 Å². The molecule has 0 atom stereocenters. The quantitative estimate of drug-likeness (QED) is 0.448. The molecule has 0 aromatic heterocycles. The summed E-state index contributed by atoms with van der Waals surface area (Å²) in [6, 6.07) is 4.95. The number of rotatable bonds is 5. The van der Waals surface area contributed by atoms with Gasteiger partial charge < -0.3 is 0 Å². The molecule has 0 spiro atoms. The van der Waals surface area contributed by atoms with Gasteiger partial charge in [0.25, 0.3) is 0 Å². The van der Waals surface area contributed by atoms with Gasteiger partial charge in [0.05, 0.1) is 0 Å². The molecule has 0 radical (unpaired) electrons. The maximum Gasteiger partial charge on any atom is 0.355 e. The van der Waals surface area contributed by atoms with Crippen LogP contribution in [0.3, 0.4) is 0 Å². The highest BCUT2D eigenvalue weighted by molar-refractivity contribution is 5.94. The van der Waals surface area contributed by atoms with Crippen LogP contribution in [0, 0.1) is 6.92 Å². The zero-order valence-corrected chi connectivity index (χ0v) is 10.3. The summed E-state index contributed by atoms with van der Waals surface area (Å²) >= 11 is 0. The molecule has 0 fully saturated rings. The summed E-state index contributed by atoms with van der Waals surface area (Å²) in [6.07, 6.45) is 1.04. The fourth-order valence-corrected chi connectivity index (χ4v) is 1.30. The van der Waals surface area contributed by atoms with Crippen molar-refractivity contribution in [3.8, 4) is 5.75 Å². The molecule has 1 aromatic carbocycles. The molecule has 92 valence electrons. The maximum atomic E-state index is 11.1. The summed E-state index contributed by atoms with van der Waals surface area (Å²) in [5.74, 6) is 0.0321. The van der Waals surface area contributed by atoms with Crippen molar-refractivity contribution < 1.29 is 19.4 Å². The summed E-state index contributed by atoms with van der Waals surface area (Å²) < 4.78 is 0. The van der Waals surface area contributed by atoms with Crippen LogP contribution in [-0.2, 0) is 9.68 Å². The van der Waals surface area contributed by atoms with Gasteiger partial charge in [0.1, 0.15) is 0 Å². The van der Waals surface area contributed by atoms with Gasteiger partial charge in [-0.15, -0.1) is 0 Å². The molecular weight excluding hydrogens is 220 g/mol. The third-order valence-corrected chi connectivity index (χ3v) is 2.26. The van der Waals surface area contributed by atoms with Crippen LogP contribution in [0.2, 0.25) is 0 Å². The number of hydrogen-bond acceptors (Lipinski definition) is 4. The van der Waals surface area contributed by atoms with Crippen LogP contribution in [0.15, 0.2) is 18.2 Å². The Morgan fingerprint density at radius 2 is 2.00 bits per heavy atom. The molecule has 0 heterocycles. The molecule has 0 bridgehead atoms. The highest BCUT2D eigenvalue weighted by Crippen LogP contribution is 2.19. The van der Waals surface area contributed by atoms with Gasteiger partial charge in [-0.3, -0.25) is 14.6 Å². The lowest BCUT2D eigenvalue weighted by atomic mass is 10.1. The molecule has 0 saturated heterocycles. The van der Waals surface area contributed by atoms with E-state index >= 15 is 0 Å². The lowest BCUT2D eigenvalue weighted by Gasteiger charge is -2.07. The van der Waals surface area contributed by atoms with E-state index < -0.39 is 5.97 Å². The third kappa shape index (κ3) is 3.90. The van der Waals surface area contributed by atoms with E-state index in [9.17, 15) is 9.59 Å². The fourth-order valence-electron chi connectivity index (χ4n) is 1.30. The van der Waals surface area contributed by atoms with Crippen molar-refractivity contribution in [2.75, 3.05) is 0 Å². The molecular formula is C13H16O4. The first-order chi connectivity index (χ1) is 8.04. The standard InChI is InChI=1S/C13H16O4/c1-4-5-13(15)17-16-12-7-6-11(10(3)14)8-9(12)2/h6-8H,4-5H2,1-3H3. The van der Waals surface area contributed by atoms with E-state index in [0.29, 0.717) is 24.2 Å². The topological polar surface area (TPSA) is 52.6 Å². The average molecular weight is 236 g/mol. The second-order valence-corrected chi connectivity index (χ2v) is 3.83. The number of carbonyl (C=O) groups excluding carboxylic acids is 2. The highest BCUT2D eigenvalue weighted by Gasteiger charge is 2.08. The zero-order valence-electron chi connectivity index (χ0n) is 10.3. The number of Topliss-reactive ketones (excluding diaryl/α,β-unsaturated/α-hetero) is 1. The fraction of sp³-hybridized carbons (Fsp3) is 0.385. The van der Waals surface area contributed by atoms with Crippen molar-refractivity contribution in [2.45, 2.75) is 33.6 Å². The van der Waals surface area contributed by atoms with Crippen LogP contribution >= 0.6 is 0 Å². The minimum Gasteiger partial charge on any atom is -0.295 e. The first-order valence-electron chi connectivity index (χ1n) is 5.53. The molecule has 0 aliphatic carbocycles. The van der Waals surface area contributed by atoms with Crippen molar-refractivity contribution in [1.29, 1.82) is 0 Å². The van der Waals surface area contributed by atoms with Crippen LogP contribution in [-0.4, -0.2) is 11.8 Å². The van der Waals surface area contributed by atoms with Crippen molar-refractivity contribution in [3.05, 3.63) is 29.3 Å². The smallest absolute Gasteiger partial charge is 0.295 e. The Balaban J connectivity index is 2.66. The predicted octanol–water partition coefficient (Wildman–Crippen LogP) is 2.83. The Labute approximate surface area is 100 Å². The Morgan fingerprint density at radius 3 is 2.53 bits per heavy atom. The number of carbonyl (C=O) groups is 2. The molecule has 0 N–H and O–H groups in total. The molecule has 0 saturated carbocycles. The van der Waals surface area contributed by atoms with Crippen LogP contribution in [0.5, 0.6) is 5.75 Å². The molecule has 4 nitrogen and oxygen atoms in total. The van der Waals surface area contributed by atoms with Crippen molar-refractivity contribution in [1.82, 2.24) is 0 Å². The summed E-state index contributed by atoms with van der Waals surface area (Å²) in [6.45, 7) is 5.17. The van der Waals surface area contributed by atoms with Gasteiger partial charge in [-0.25, -0.2) is 4.79 Å². The summed E-state index contributed by atoms with van der Waals surface area (Å²) in [5.41, 5.74) is 1.36. The lowest BCUT2D eigenvalue weighted by molar-refractivity contribution is -0.214. The molecule has 0 aliphatic rings. The van der Waals surface area contributed by atoms with Gasteiger partial charge in [0.15, 0.2) is 11.5 Å². The van der Waals surface area contributed by atoms with Crippen molar-refractivity contribution in [2.24, 2.45) is 0 Å². The van der Waals surface area contributed by atoms with E-state index in [1.54, 1.807) is 25.1 Å². The van der Waals surface area contributed by atoms with Gasteiger partial charge >= 0.3 is 5.97 Å². The largest absolute Gasteiger partial charge is 0.355 e. The van der Waals surface area contributed by atoms with Gasteiger partial charge in [-0.2, -0.15) is 0 Å². The normalized spacial score (nSPS) is 9.82. The van der Waals surface area contributed by atoms with E-state index in [4.69, 9.17) is 4.89 Å². The monoisotopic (exact) mass is 236 g/mol. The van der Waals surface area contributed by atoms with Crippen LogP contribution in [0.1, 0.15) is 42.6 Å². The first-order valence-corrected chi connectivity index (χ1v) is 5.53. The Kier molecular flexibility index (Phi) is 4.69. The zero-order chi connectivity index (χ0) is 12.8. The van der Waals surface area contributed by atoms with Gasteiger partial charge in [-0.05, 0) is 44.0 Å². The van der Waals surface area contributed by atoms with Gasteiger partial charge in [0.2, 0.25) is 0 Å². The molecule has 0 unspecified atom stereocenters. The predicted molar refractivity (Wildman–Crippen MR) is 62.8 cm³/mol. The first kappa shape index (κ1) is 13.2. The molecule has 4 heteroatoms. The number of aryl methyl sites for hydroxylation is 1. The minimum absolute atomic E-state index is 0.0115. The molecule has 17 heavy (non-hydrogen) atoms. The van der Waals surface area contributed by atoms with Crippen LogP contribution < -0.4 is 4.89 Å². The maximum absolute atomic E-state index is 11.1. The molecule has 1 rings (SSSR count). The molecule has 0 aliphatic heterocycles. The second kappa shape index (κ2) is 6.03. The van der Waals surface area contributed by atoms with E-state index in [-0.39, 0.29) is 5.78 Å². The van der Waals surface area contributed by atoms with Crippen LogP contribution in [0.25, 0.3) is 0 Å². The van der Waals surface area contributed by atoms with Gasteiger partial charge in [0, 0.05) is 12.0 Å². The Hall–Kier alpha value is -1.84. The van der Waals surface area contributed by atoms with Crippen molar-refractivity contribution >= 4 is 11.8 Å². The van der Waals surface area contributed by atoms with E-state index in [1.807, 2.05) is 6.92 Å². The Morgan fingerprint density at radius 1 is 1.29 bits per heavy atom. The number of hydrogen-bond donors (Lipinski definition) is 0. The van der Waals surface area contributed by atoms with Crippen molar-refractivity contribution in [3.63, 3.8) is 0 Å². The molecule has 0 amide bonds. The van der Waals surface area contributed by atoms with E-state index in [2.05, 4.69) is 4.89 Å². The summed E-state index contributed by atoms with van der Waals surface area (Å²) in [4.78, 5) is 31.8. The highest BCUT2D eigenvalue weighted by atomic mass is 17.2. The number of benzene rings is 1. The summed E-state index contributed by atoms with van der Waals surface area (Å²) in [5, 5.41) is 0. The average Bonchev–Trinajstić information content (AvgIpc) is 2.27. The van der Waals surface area contributed by atoms with Crippen LogP contribution in [0.4, 0.5) is 0 Å². The summed E-state index contributed by atoms with van der Waals surface area (Å²) in [7, 11) is 0. The molecule has 1 aromatic rings. The lowest BCUT2D eigenvalue weighted by Crippen LogP contribution is -2.08. The second-order valence-electron chi connectivity index (χ2n) is 3.83. The SMILES string of the molecule is CCCC(=O)OOc1ccc(C(C)=O)cc1C. The third-order valence-electron chi connectivity index (χ3n) is 2.26. The Bertz CT molecular complexity index is 423. The van der Waals surface area contributed by atoms with E-state index in [0.717, 1.165) is 5.56 Å². The number of ketones is 1. The van der Waals surface area contributed by atoms with E-state index in [1.165, 1.54) is 6.92 Å². The minimum atomic E-state index is -0.400.